The number of nitrogens with two attached hydrogens (primary N) is 1. The molecule has 2 aromatic heterocycles. The number of halogens is 1. The van der Waals surface area contributed by atoms with E-state index in [4.69, 9.17) is 27.5 Å². The third-order valence-electron chi connectivity index (χ3n) is 5.97. The SMILES string of the molecule is N=C(c1nc2ccc(N3CCCCC3)cc2[nH]1)c1cc(OCc2ccncc2Cl)ccc1N. The van der Waals surface area contributed by atoms with Crippen LogP contribution in [0.1, 0.15) is 36.2 Å². The first-order valence-corrected chi connectivity index (χ1v) is 11.4. The molecular formula is C25H25ClN6O. The van der Waals surface area contributed by atoms with E-state index in [9.17, 15) is 0 Å². The van der Waals surface area contributed by atoms with Crippen molar-refractivity contribution >= 4 is 39.7 Å². The number of piperidine rings is 1. The topological polar surface area (TPSA) is 104 Å². The quantitative estimate of drug-likeness (QED) is 0.271. The van der Waals surface area contributed by atoms with Crippen molar-refractivity contribution in [1.29, 1.82) is 5.41 Å². The first-order chi connectivity index (χ1) is 16.1. The number of nitrogens with zero attached hydrogens (tertiary/aromatic N) is 3. The molecule has 8 heteroatoms. The molecule has 2 aromatic carbocycles. The van der Waals surface area contributed by atoms with E-state index in [1.54, 1.807) is 30.6 Å². The van der Waals surface area contributed by atoms with Crippen LogP contribution in [-0.4, -0.2) is 33.8 Å². The van der Waals surface area contributed by atoms with Gasteiger partial charge in [-0.15, -0.1) is 0 Å². The predicted molar refractivity (Wildman–Crippen MR) is 133 cm³/mol. The maximum Gasteiger partial charge on any atom is 0.157 e. The molecule has 0 aliphatic carbocycles. The number of benzene rings is 2. The van der Waals surface area contributed by atoms with Crippen LogP contribution in [0.25, 0.3) is 11.0 Å². The lowest BCUT2D eigenvalue weighted by Gasteiger charge is -2.28. The fourth-order valence-corrected chi connectivity index (χ4v) is 4.29. The van der Waals surface area contributed by atoms with Crippen molar-refractivity contribution in [3.05, 3.63) is 76.8 Å². The minimum Gasteiger partial charge on any atom is -0.489 e. The van der Waals surface area contributed by atoms with Gasteiger partial charge in [0.15, 0.2) is 5.82 Å². The molecule has 0 spiro atoms. The van der Waals surface area contributed by atoms with E-state index in [1.165, 1.54) is 24.9 Å². The zero-order chi connectivity index (χ0) is 22.8. The van der Waals surface area contributed by atoms with Gasteiger partial charge in [-0.2, -0.15) is 0 Å². The molecule has 1 saturated heterocycles. The van der Waals surface area contributed by atoms with Gasteiger partial charge in [-0.05, 0) is 61.7 Å². The molecule has 4 aromatic rings. The summed E-state index contributed by atoms with van der Waals surface area (Å²) in [6, 6.07) is 13.3. The third kappa shape index (κ3) is 4.50. The molecule has 168 valence electrons. The van der Waals surface area contributed by atoms with Gasteiger partial charge in [-0.3, -0.25) is 10.4 Å². The number of aromatic nitrogens is 3. The molecule has 33 heavy (non-hydrogen) atoms. The highest BCUT2D eigenvalue weighted by atomic mass is 35.5. The molecular weight excluding hydrogens is 436 g/mol. The predicted octanol–water partition coefficient (Wildman–Crippen LogP) is 5.18. The number of imidazole rings is 1. The molecule has 4 N–H and O–H groups in total. The second-order valence-electron chi connectivity index (χ2n) is 8.21. The van der Waals surface area contributed by atoms with Gasteiger partial charge >= 0.3 is 0 Å². The Morgan fingerprint density at radius 3 is 2.79 bits per heavy atom. The van der Waals surface area contributed by atoms with Crippen LogP contribution in [0.5, 0.6) is 5.75 Å². The number of fused-ring (bicyclic) bond motifs is 1. The Hall–Kier alpha value is -3.58. The van der Waals surface area contributed by atoms with E-state index < -0.39 is 0 Å². The summed E-state index contributed by atoms with van der Waals surface area (Å²) in [6.45, 7) is 2.45. The summed E-state index contributed by atoms with van der Waals surface area (Å²) in [5.74, 6) is 1.07. The van der Waals surface area contributed by atoms with Crippen molar-refractivity contribution in [3.63, 3.8) is 0 Å². The highest BCUT2D eigenvalue weighted by Gasteiger charge is 2.16. The van der Waals surface area contributed by atoms with Gasteiger partial charge < -0.3 is 20.4 Å². The normalized spacial score (nSPS) is 13.9. The summed E-state index contributed by atoms with van der Waals surface area (Å²) in [5, 5.41) is 9.30. The number of ether oxygens (including phenoxy) is 1. The van der Waals surface area contributed by atoms with Crippen molar-refractivity contribution in [2.75, 3.05) is 23.7 Å². The van der Waals surface area contributed by atoms with Gasteiger partial charge in [-0.1, -0.05) is 11.6 Å². The molecule has 1 aliphatic rings. The standard InChI is InChI=1S/C25H25ClN6O/c26-20-14-29-9-8-16(20)15-33-18-5-6-21(27)19(13-18)24(28)25-30-22-7-4-17(12-23(22)31-25)32-10-2-1-3-11-32/h4-9,12-14,28H,1-3,10-11,15,27H2,(H,30,31). The Morgan fingerprint density at radius 2 is 1.97 bits per heavy atom. The molecule has 1 fully saturated rings. The molecule has 0 amide bonds. The summed E-state index contributed by atoms with van der Waals surface area (Å²) in [6.07, 6.45) is 7.00. The maximum atomic E-state index is 8.75. The number of rotatable bonds is 6. The Labute approximate surface area is 197 Å². The van der Waals surface area contributed by atoms with Gasteiger partial charge in [0.05, 0.1) is 16.1 Å². The summed E-state index contributed by atoms with van der Waals surface area (Å²) in [7, 11) is 0. The fourth-order valence-electron chi connectivity index (χ4n) is 4.12. The van der Waals surface area contributed by atoms with Crippen LogP contribution in [0.4, 0.5) is 11.4 Å². The second-order valence-corrected chi connectivity index (χ2v) is 8.62. The van der Waals surface area contributed by atoms with E-state index in [0.29, 0.717) is 34.5 Å². The first-order valence-electron chi connectivity index (χ1n) is 11.0. The minimum atomic E-state index is 0.218. The lowest BCUT2D eigenvalue weighted by molar-refractivity contribution is 0.306. The van der Waals surface area contributed by atoms with Crippen molar-refractivity contribution in [3.8, 4) is 5.75 Å². The largest absolute Gasteiger partial charge is 0.489 e. The Bertz CT molecular complexity index is 1310. The van der Waals surface area contributed by atoms with Gasteiger partial charge in [0, 0.05) is 48.0 Å². The van der Waals surface area contributed by atoms with Crippen LogP contribution in [0.2, 0.25) is 5.02 Å². The summed E-state index contributed by atoms with van der Waals surface area (Å²) < 4.78 is 5.90. The first kappa shape index (κ1) is 21.3. The van der Waals surface area contributed by atoms with Gasteiger partial charge in [0.2, 0.25) is 0 Å². The molecule has 0 unspecified atom stereocenters. The molecule has 1 aliphatic heterocycles. The number of nitrogens with one attached hydrogen (secondary N) is 2. The Morgan fingerprint density at radius 1 is 1.12 bits per heavy atom. The average molecular weight is 461 g/mol. The lowest BCUT2D eigenvalue weighted by atomic mass is 10.1. The van der Waals surface area contributed by atoms with E-state index in [-0.39, 0.29) is 5.71 Å². The lowest BCUT2D eigenvalue weighted by Crippen LogP contribution is -2.29. The zero-order valence-corrected chi connectivity index (χ0v) is 18.9. The van der Waals surface area contributed by atoms with Gasteiger partial charge in [0.25, 0.3) is 0 Å². The second kappa shape index (κ2) is 9.11. The Kier molecular flexibility index (Phi) is 5.88. The smallest absolute Gasteiger partial charge is 0.157 e. The van der Waals surface area contributed by atoms with Crippen molar-refractivity contribution in [1.82, 2.24) is 15.0 Å². The molecule has 0 saturated carbocycles. The summed E-state index contributed by atoms with van der Waals surface area (Å²) in [5.41, 5.74) is 11.2. The van der Waals surface area contributed by atoms with Crippen LogP contribution in [-0.2, 0) is 6.61 Å². The van der Waals surface area contributed by atoms with E-state index in [0.717, 1.165) is 29.7 Å². The minimum absolute atomic E-state index is 0.218. The molecule has 5 rings (SSSR count). The zero-order valence-electron chi connectivity index (χ0n) is 18.1. The van der Waals surface area contributed by atoms with E-state index in [1.807, 2.05) is 12.1 Å². The number of pyridine rings is 1. The van der Waals surface area contributed by atoms with Gasteiger partial charge in [0.1, 0.15) is 18.1 Å². The number of aromatic amines is 1. The van der Waals surface area contributed by atoms with E-state index >= 15 is 0 Å². The Balaban J connectivity index is 1.38. The van der Waals surface area contributed by atoms with Crippen molar-refractivity contribution in [2.45, 2.75) is 25.9 Å². The summed E-state index contributed by atoms with van der Waals surface area (Å²) in [4.78, 5) is 14.3. The monoisotopic (exact) mass is 460 g/mol. The van der Waals surface area contributed by atoms with Crippen LogP contribution in [0, 0.1) is 5.41 Å². The maximum absolute atomic E-state index is 8.75. The number of anilines is 2. The third-order valence-corrected chi connectivity index (χ3v) is 6.31. The van der Waals surface area contributed by atoms with Crippen LogP contribution in [0.3, 0.4) is 0 Å². The van der Waals surface area contributed by atoms with Crippen LogP contribution in [0.15, 0.2) is 54.9 Å². The molecule has 0 atom stereocenters. The summed E-state index contributed by atoms with van der Waals surface area (Å²) >= 11 is 6.16. The average Bonchev–Trinajstić information content (AvgIpc) is 3.28. The number of H-pyrrole nitrogens is 1. The highest BCUT2D eigenvalue weighted by Crippen LogP contribution is 2.27. The highest BCUT2D eigenvalue weighted by molar-refractivity contribution is 6.31. The molecule has 0 radical (unpaired) electrons. The van der Waals surface area contributed by atoms with E-state index in [2.05, 4.69) is 32.0 Å². The fraction of sp³-hybridized carbons (Fsp3) is 0.240. The van der Waals surface area contributed by atoms with Crippen LogP contribution < -0.4 is 15.4 Å². The van der Waals surface area contributed by atoms with Crippen molar-refractivity contribution in [2.24, 2.45) is 0 Å². The molecule has 3 heterocycles. The van der Waals surface area contributed by atoms with Crippen molar-refractivity contribution < 1.29 is 4.74 Å². The van der Waals surface area contributed by atoms with Crippen LogP contribution >= 0.6 is 11.6 Å². The molecule has 7 nitrogen and oxygen atoms in total. The number of nitrogen functional groups attached to an aromatic ring is 1. The number of hydrogen-bond donors (Lipinski definition) is 3. The molecule has 0 bridgehead atoms. The van der Waals surface area contributed by atoms with Gasteiger partial charge in [-0.25, -0.2) is 4.98 Å². The number of hydrogen-bond acceptors (Lipinski definition) is 6.